The average Bonchev–Trinajstić information content (AvgIpc) is 3.30. The Morgan fingerprint density at radius 2 is 1.96 bits per heavy atom. The number of piperidine rings is 1. The number of hydrogen-bond donors (Lipinski definition) is 0. The molecule has 1 saturated carbocycles. The summed E-state index contributed by atoms with van der Waals surface area (Å²) in [6.07, 6.45) is 4.52. The van der Waals surface area contributed by atoms with Crippen molar-refractivity contribution in [3.8, 4) is 0 Å². The molecular formula is C21H33N3O3. The number of rotatable bonds is 5. The van der Waals surface area contributed by atoms with Crippen LogP contribution in [0.5, 0.6) is 0 Å². The van der Waals surface area contributed by atoms with Gasteiger partial charge in [0.25, 0.3) is 5.91 Å². The summed E-state index contributed by atoms with van der Waals surface area (Å²) in [7, 11) is 0. The standard InChI is InChI=1S/C21H33N3O3/c1-14(2)27-19(25)11-15-7-6-10-23(13-15)20(26)17-12-18(16-8-9-16)24(22-17)21(3,4)5/h12,14-16H,6-11,13H2,1-5H3/t15-/m0/s1. The van der Waals surface area contributed by atoms with Crippen molar-refractivity contribution in [2.24, 2.45) is 5.92 Å². The molecule has 27 heavy (non-hydrogen) atoms. The first-order chi connectivity index (χ1) is 12.6. The van der Waals surface area contributed by atoms with Crippen molar-refractivity contribution < 1.29 is 14.3 Å². The zero-order chi connectivity index (χ0) is 19.8. The summed E-state index contributed by atoms with van der Waals surface area (Å²) in [5, 5.41) is 4.68. The highest BCUT2D eigenvalue weighted by atomic mass is 16.5. The van der Waals surface area contributed by atoms with E-state index in [-0.39, 0.29) is 29.4 Å². The van der Waals surface area contributed by atoms with Crippen molar-refractivity contribution in [1.29, 1.82) is 0 Å². The zero-order valence-electron chi connectivity index (χ0n) is 17.3. The van der Waals surface area contributed by atoms with Crippen molar-refractivity contribution in [3.63, 3.8) is 0 Å². The maximum absolute atomic E-state index is 13.1. The van der Waals surface area contributed by atoms with E-state index in [0.29, 0.717) is 24.6 Å². The van der Waals surface area contributed by atoms with Gasteiger partial charge in [-0.1, -0.05) is 0 Å². The molecule has 0 unspecified atom stereocenters. The normalized spacial score (nSPS) is 20.8. The maximum atomic E-state index is 13.1. The third-order valence-corrected chi connectivity index (χ3v) is 5.22. The van der Waals surface area contributed by atoms with E-state index in [1.807, 2.05) is 29.5 Å². The lowest BCUT2D eigenvalue weighted by atomic mass is 9.94. The number of esters is 1. The molecule has 3 rings (SSSR count). The van der Waals surface area contributed by atoms with Crippen LogP contribution in [0.4, 0.5) is 0 Å². The summed E-state index contributed by atoms with van der Waals surface area (Å²) in [5.74, 6) is 0.527. The molecule has 1 amide bonds. The molecule has 0 radical (unpaired) electrons. The summed E-state index contributed by atoms with van der Waals surface area (Å²) in [6.45, 7) is 11.4. The molecule has 0 N–H and O–H groups in total. The molecule has 1 aromatic rings. The van der Waals surface area contributed by atoms with Crippen LogP contribution in [0.1, 0.15) is 88.8 Å². The number of carbonyl (C=O) groups is 2. The first-order valence-electron chi connectivity index (χ1n) is 10.2. The molecule has 2 fully saturated rings. The van der Waals surface area contributed by atoms with Crippen LogP contribution in [0.3, 0.4) is 0 Å². The van der Waals surface area contributed by atoms with Crippen molar-refractivity contribution in [2.75, 3.05) is 13.1 Å². The second kappa shape index (κ2) is 7.64. The van der Waals surface area contributed by atoms with Gasteiger partial charge in [0.15, 0.2) is 5.69 Å². The molecule has 6 nitrogen and oxygen atoms in total. The van der Waals surface area contributed by atoms with Gasteiger partial charge in [-0.2, -0.15) is 5.10 Å². The minimum atomic E-state index is -0.169. The third kappa shape index (κ3) is 4.90. The van der Waals surface area contributed by atoms with E-state index in [0.717, 1.165) is 19.4 Å². The van der Waals surface area contributed by atoms with E-state index in [2.05, 4.69) is 25.9 Å². The highest BCUT2D eigenvalue weighted by Gasteiger charge is 2.34. The Morgan fingerprint density at radius 3 is 2.56 bits per heavy atom. The molecule has 0 bridgehead atoms. The SMILES string of the molecule is CC(C)OC(=O)C[C@@H]1CCCN(C(=O)c2cc(C3CC3)n(C(C)(C)C)n2)C1. The van der Waals surface area contributed by atoms with Gasteiger partial charge in [-0.15, -0.1) is 0 Å². The Kier molecular flexibility index (Phi) is 5.63. The third-order valence-electron chi connectivity index (χ3n) is 5.22. The smallest absolute Gasteiger partial charge is 0.306 e. The Balaban J connectivity index is 1.69. The first-order valence-corrected chi connectivity index (χ1v) is 10.2. The molecule has 1 aromatic heterocycles. The fraction of sp³-hybridized carbons (Fsp3) is 0.762. The highest BCUT2D eigenvalue weighted by molar-refractivity contribution is 5.92. The lowest BCUT2D eigenvalue weighted by Crippen LogP contribution is -2.41. The largest absolute Gasteiger partial charge is 0.463 e. The minimum Gasteiger partial charge on any atom is -0.463 e. The molecular weight excluding hydrogens is 342 g/mol. The second-order valence-corrected chi connectivity index (χ2v) is 9.31. The number of nitrogens with zero attached hydrogens (tertiary/aromatic N) is 3. The summed E-state index contributed by atoms with van der Waals surface area (Å²) >= 11 is 0. The molecule has 150 valence electrons. The van der Waals surface area contributed by atoms with Gasteiger partial charge >= 0.3 is 5.97 Å². The van der Waals surface area contributed by atoms with Gasteiger partial charge in [-0.05, 0) is 72.3 Å². The van der Waals surface area contributed by atoms with Gasteiger partial charge in [-0.3, -0.25) is 14.3 Å². The van der Waals surface area contributed by atoms with Gasteiger partial charge in [0.2, 0.25) is 0 Å². The van der Waals surface area contributed by atoms with Crippen LogP contribution in [0, 0.1) is 5.92 Å². The van der Waals surface area contributed by atoms with Crippen molar-refractivity contribution >= 4 is 11.9 Å². The van der Waals surface area contributed by atoms with Crippen LogP contribution in [-0.2, 0) is 15.1 Å². The van der Waals surface area contributed by atoms with E-state index in [4.69, 9.17) is 4.74 Å². The molecule has 1 aliphatic carbocycles. The van der Waals surface area contributed by atoms with Crippen LogP contribution in [0.2, 0.25) is 0 Å². The molecule has 0 spiro atoms. The maximum Gasteiger partial charge on any atom is 0.306 e. The summed E-state index contributed by atoms with van der Waals surface area (Å²) < 4.78 is 7.29. The van der Waals surface area contributed by atoms with Crippen LogP contribution in [-0.4, -0.2) is 45.8 Å². The Morgan fingerprint density at radius 1 is 1.26 bits per heavy atom. The number of likely N-dealkylation sites (tertiary alicyclic amines) is 1. The number of ether oxygens (including phenoxy) is 1. The summed E-state index contributed by atoms with van der Waals surface area (Å²) in [6, 6.07) is 1.99. The summed E-state index contributed by atoms with van der Waals surface area (Å²) in [5.41, 5.74) is 1.58. The first kappa shape index (κ1) is 19.9. The van der Waals surface area contributed by atoms with Gasteiger partial charge < -0.3 is 9.64 Å². The molecule has 2 heterocycles. The number of hydrogen-bond acceptors (Lipinski definition) is 4. The predicted octanol–water partition coefficient (Wildman–Crippen LogP) is 3.71. The fourth-order valence-corrected chi connectivity index (χ4v) is 3.83. The highest BCUT2D eigenvalue weighted by Crippen LogP contribution is 2.42. The lowest BCUT2D eigenvalue weighted by molar-refractivity contribution is -0.148. The fourth-order valence-electron chi connectivity index (χ4n) is 3.83. The molecule has 2 aliphatic rings. The van der Waals surface area contributed by atoms with Crippen LogP contribution < -0.4 is 0 Å². The quantitative estimate of drug-likeness (QED) is 0.736. The Labute approximate surface area is 162 Å². The van der Waals surface area contributed by atoms with Gasteiger partial charge in [0.05, 0.1) is 18.1 Å². The van der Waals surface area contributed by atoms with E-state index in [9.17, 15) is 9.59 Å². The monoisotopic (exact) mass is 375 g/mol. The number of aromatic nitrogens is 2. The van der Waals surface area contributed by atoms with Crippen molar-refractivity contribution in [1.82, 2.24) is 14.7 Å². The average molecular weight is 376 g/mol. The van der Waals surface area contributed by atoms with Gasteiger partial charge in [0.1, 0.15) is 0 Å². The van der Waals surface area contributed by atoms with Crippen LogP contribution in [0.15, 0.2) is 6.07 Å². The molecule has 0 aromatic carbocycles. The topological polar surface area (TPSA) is 64.4 Å². The summed E-state index contributed by atoms with van der Waals surface area (Å²) in [4.78, 5) is 26.9. The van der Waals surface area contributed by atoms with E-state index in [1.54, 1.807) is 0 Å². The number of carbonyl (C=O) groups excluding carboxylic acids is 2. The Hall–Kier alpha value is -1.85. The molecule has 1 aliphatic heterocycles. The van der Waals surface area contributed by atoms with Gasteiger partial charge in [-0.25, -0.2) is 0 Å². The zero-order valence-corrected chi connectivity index (χ0v) is 17.3. The van der Waals surface area contributed by atoms with Crippen molar-refractivity contribution in [2.45, 2.75) is 84.3 Å². The van der Waals surface area contributed by atoms with E-state index in [1.165, 1.54) is 18.5 Å². The lowest BCUT2D eigenvalue weighted by Gasteiger charge is -2.32. The van der Waals surface area contributed by atoms with E-state index < -0.39 is 0 Å². The molecule has 1 saturated heterocycles. The second-order valence-electron chi connectivity index (χ2n) is 9.31. The number of amides is 1. The van der Waals surface area contributed by atoms with Crippen LogP contribution in [0.25, 0.3) is 0 Å². The van der Waals surface area contributed by atoms with Gasteiger partial charge in [0, 0.05) is 24.7 Å². The molecule has 1 atom stereocenters. The predicted molar refractivity (Wildman–Crippen MR) is 104 cm³/mol. The Bertz CT molecular complexity index is 698. The van der Waals surface area contributed by atoms with Crippen LogP contribution >= 0.6 is 0 Å². The molecule has 6 heteroatoms. The van der Waals surface area contributed by atoms with E-state index >= 15 is 0 Å². The minimum absolute atomic E-state index is 0.0122. The van der Waals surface area contributed by atoms with Crippen molar-refractivity contribution in [3.05, 3.63) is 17.5 Å².